The molecule has 1 aromatic rings. The minimum absolute atomic E-state index is 0. The van der Waals surface area contributed by atoms with Crippen molar-refractivity contribution in [2.24, 2.45) is 11.7 Å². The Balaban J connectivity index is 0.00000441. The summed E-state index contributed by atoms with van der Waals surface area (Å²) in [4.78, 5) is 11.8. The second-order valence-corrected chi connectivity index (χ2v) is 5.91. The zero-order chi connectivity index (χ0) is 15.8. The summed E-state index contributed by atoms with van der Waals surface area (Å²) in [6, 6.07) is 6.83. The quantitative estimate of drug-likeness (QED) is 0.629. The highest BCUT2D eigenvalue weighted by atomic mass is 79.9. The highest BCUT2D eigenvalue weighted by Crippen LogP contribution is 2.23. The van der Waals surface area contributed by atoms with Crippen LogP contribution in [0, 0.1) is 5.92 Å². The number of ether oxygens (including phenoxy) is 1. The van der Waals surface area contributed by atoms with E-state index in [0.717, 1.165) is 10.9 Å². The Morgan fingerprint density at radius 1 is 1.45 bits per heavy atom. The molecule has 7 heteroatoms. The van der Waals surface area contributed by atoms with E-state index in [4.69, 9.17) is 10.5 Å². The molecular weight excluding hydrogens is 372 g/mol. The van der Waals surface area contributed by atoms with Gasteiger partial charge in [-0.15, -0.1) is 12.4 Å². The largest absolute Gasteiger partial charge is 0.490 e. The molecule has 0 saturated carbocycles. The fourth-order valence-electron chi connectivity index (χ4n) is 1.66. The number of carbonyl (C=O) groups is 1. The molecule has 0 aliphatic heterocycles. The van der Waals surface area contributed by atoms with Crippen LogP contribution in [0.1, 0.15) is 20.3 Å². The van der Waals surface area contributed by atoms with Gasteiger partial charge in [0.1, 0.15) is 18.5 Å². The van der Waals surface area contributed by atoms with Crippen molar-refractivity contribution in [3.05, 3.63) is 28.7 Å². The van der Waals surface area contributed by atoms with Crippen LogP contribution < -0.4 is 15.8 Å². The fraction of sp³-hybridized carbons (Fsp3) is 0.533. The molecule has 1 rings (SSSR count). The molecule has 0 spiro atoms. The molecule has 1 amide bonds. The van der Waals surface area contributed by atoms with Crippen LogP contribution >= 0.6 is 28.3 Å². The van der Waals surface area contributed by atoms with Crippen LogP contribution in [-0.4, -0.2) is 36.3 Å². The van der Waals surface area contributed by atoms with Crippen molar-refractivity contribution in [3.8, 4) is 5.75 Å². The van der Waals surface area contributed by atoms with Gasteiger partial charge in [0.05, 0.1) is 10.5 Å². The average molecular weight is 396 g/mol. The molecule has 0 bridgehead atoms. The third-order valence-electron chi connectivity index (χ3n) is 3.34. The summed E-state index contributed by atoms with van der Waals surface area (Å²) in [6.07, 6.45) is 0.0487. The average Bonchev–Trinajstić information content (AvgIpc) is 2.50. The van der Waals surface area contributed by atoms with Gasteiger partial charge in [-0.2, -0.15) is 0 Å². The summed E-state index contributed by atoms with van der Waals surface area (Å²) in [5.74, 6) is 0.516. The lowest BCUT2D eigenvalue weighted by atomic mass is 9.99. The van der Waals surface area contributed by atoms with E-state index in [1.165, 1.54) is 0 Å². The SMILES string of the molecule is CCC(C)C(N)C(=O)NCC(O)COc1ccccc1Br.Cl. The fourth-order valence-corrected chi connectivity index (χ4v) is 2.05. The molecule has 0 heterocycles. The Morgan fingerprint density at radius 3 is 2.68 bits per heavy atom. The van der Waals surface area contributed by atoms with Crippen LogP contribution in [0.2, 0.25) is 0 Å². The van der Waals surface area contributed by atoms with E-state index in [0.29, 0.717) is 5.75 Å². The first-order valence-corrected chi connectivity index (χ1v) is 7.83. The third kappa shape index (κ3) is 6.96. The van der Waals surface area contributed by atoms with Gasteiger partial charge in [-0.05, 0) is 34.0 Å². The number of nitrogens with two attached hydrogens (primary N) is 1. The lowest BCUT2D eigenvalue weighted by molar-refractivity contribution is -0.123. The van der Waals surface area contributed by atoms with Crippen LogP contribution in [-0.2, 0) is 4.79 Å². The summed E-state index contributed by atoms with van der Waals surface area (Å²) in [7, 11) is 0. The van der Waals surface area contributed by atoms with Crippen LogP contribution in [0.5, 0.6) is 5.75 Å². The van der Waals surface area contributed by atoms with Crippen LogP contribution in [0.25, 0.3) is 0 Å². The number of para-hydroxylation sites is 1. The molecule has 5 nitrogen and oxygen atoms in total. The number of carbonyl (C=O) groups excluding carboxylic acids is 1. The minimum Gasteiger partial charge on any atom is -0.490 e. The summed E-state index contributed by atoms with van der Waals surface area (Å²) in [6.45, 7) is 4.13. The van der Waals surface area contributed by atoms with E-state index in [2.05, 4.69) is 21.2 Å². The first kappa shape index (κ1) is 21.2. The predicted octanol–water partition coefficient (Wildman–Crippen LogP) is 2.10. The summed E-state index contributed by atoms with van der Waals surface area (Å²) in [5.41, 5.74) is 5.81. The van der Waals surface area contributed by atoms with Crippen molar-refractivity contribution < 1.29 is 14.6 Å². The third-order valence-corrected chi connectivity index (χ3v) is 3.99. The van der Waals surface area contributed by atoms with E-state index in [1.807, 2.05) is 32.0 Å². The van der Waals surface area contributed by atoms with Gasteiger partial charge < -0.3 is 20.9 Å². The van der Waals surface area contributed by atoms with Gasteiger partial charge in [0.15, 0.2) is 0 Å². The highest BCUT2D eigenvalue weighted by Gasteiger charge is 2.19. The Morgan fingerprint density at radius 2 is 2.09 bits per heavy atom. The second-order valence-electron chi connectivity index (χ2n) is 5.05. The van der Waals surface area contributed by atoms with E-state index < -0.39 is 12.1 Å². The van der Waals surface area contributed by atoms with Gasteiger partial charge >= 0.3 is 0 Å². The maximum atomic E-state index is 11.8. The van der Waals surface area contributed by atoms with Gasteiger partial charge in [-0.3, -0.25) is 4.79 Å². The number of amides is 1. The van der Waals surface area contributed by atoms with Crippen molar-refractivity contribution in [2.75, 3.05) is 13.2 Å². The number of benzene rings is 1. The molecular formula is C15H24BrClN2O3. The monoisotopic (exact) mass is 394 g/mol. The number of aliphatic hydroxyl groups is 1. The second kappa shape index (κ2) is 10.8. The minimum atomic E-state index is -0.787. The van der Waals surface area contributed by atoms with E-state index in [9.17, 15) is 9.90 Å². The number of hydrogen-bond donors (Lipinski definition) is 3. The van der Waals surface area contributed by atoms with Crippen molar-refractivity contribution in [1.82, 2.24) is 5.32 Å². The zero-order valence-corrected chi connectivity index (χ0v) is 15.2. The van der Waals surface area contributed by atoms with Crippen LogP contribution in [0.3, 0.4) is 0 Å². The standard InChI is InChI=1S/C15H23BrN2O3.ClH/c1-3-10(2)14(17)15(20)18-8-11(19)9-21-13-7-5-4-6-12(13)16;/h4-7,10-11,14,19H,3,8-9,17H2,1-2H3,(H,18,20);1H. The molecule has 3 unspecified atom stereocenters. The van der Waals surface area contributed by atoms with Crippen molar-refractivity contribution in [1.29, 1.82) is 0 Å². The topological polar surface area (TPSA) is 84.6 Å². The number of halogens is 2. The first-order chi connectivity index (χ1) is 9.95. The summed E-state index contributed by atoms with van der Waals surface area (Å²) < 4.78 is 6.30. The van der Waals surface area contributed by atoms with E-state index >= 15 is 0 Å². The molecule has 0 radical (unpaired) electrons. The number of hydrogen-bond acceptors (Lipinski definition) is 4. The van der Waals surface area contributed by atoms with E-state index in [1.54, 1.807) is 6.07 Å². The number of rotatable bonds is 8. The van der Waals surface area contributed by atoms with Gasteiger partial charge in [0.25, 0.3) is 0 Å². The zero-order valence-electron chi connectivity index (χ0n) is 12.8. The number of nitrogens with one attached hydrogen (secondary N) is 1. The normalized spacial score (nSPS) is 14.4. The molecule has 0 aliphatic rings. The number of aliphatic hydroxyl groups excluding tert-OH is 1. The maximum Gasteiger partial charge on any atom is 0.237 e. The smallest absolute Gasteiger partial charge is 0.237 e. The molecule has 0 aromatic heterocycles. The van der Waals surface area contributed by atoms with Gasteiger partial charge in [-0.25, -0.2) is 0 Å². The Kier molecular flexibility index (Phi) is 10.4. The molecule has 0 aliphatic carbocycles. The Hall–Kier alpha value is -0.820. The van der Waals surface area contributed by atoms with Gasteiger partial charge in [0.2, 0.25) is 5.91 Å². The summed E-state index contributed by atoms with van der Waals surface area (Å²) >= 11 is 3.36. The van der Waals surface area contributed by atoms with Crippen molar-refractivity contribution >= 4 is 34.2 Å². The predicted molar refractivity (Wildman–Crippen MR) is 93.3 cm³/mol. The van der Waals surface area contributed by atoms with E-state index in [-0.39, 0.29) is 37.4 Å². The van der Waals surface area contributed by atoms with Crippen LogP contribution in [0.15, 0.2) is 28.7 Å². The Labute approximate surface area is 146 Å². The molecule has 0 fully saturated rings. The lowest BCUT2D eigenvalue weighted by Gasteiger charge is -2.19. The Bertz CT molecular complexity index is 462. The lowest BCUT2D eigenvalue weighted by Crippen LogP contribution is -2.47. The van der Waals surface area contributed by atoms with Gasteiger partial charge in [-0.1, -0.05) is 32.4 Å². The molecule has 3 atom stereocenters. The van der Waals surface area contributed by atoms with Crippen LogP contribution in [0.4, 0.5) is 0 Å². The van der Waals surface area contributed by atoms with Crippen molar-refractivity contribution in [3.63, 3.8) is 0 Å². The molecule has 22 heavy (non-hydrogen) atoms. The van der Waals surface area contributed by atoms with Crippen molar-refractivity contribution in [2.45, 2.75) is 32.4 Å². The molecule has 0 saturated heterocycles. The molecule has 4 N–H and O–H groups in total. The highest BCUT2D eigenvalue weighted by molar-refractivity contribution is 9.10. The van der Waals surface area contributed by atoms with Gasteiger partial charge in [0, 0.05) is 6.54 Å². The first-order valence-electron chi connectivity index (χ1n) is 7.04. The molecule has 126 valence electrons. The molecule has 1 aromatic carbocycles. The maximum absolute atomic E-state index is 11.8. The summed E-state index contributed by atoms with van der Waals surface area (Å²) in [5, 5.41) is 12.5.